The average Bonchev–Trinajstić information content (AvgIpc) is 3.24. The van der Waals surface area contributed by atoms with E-state index in [4.69, 9.17) is 4.42 Å². The molecule has 1 unspecified atom stereocenters. The number of amides is 1. The summed E-state index contributed by atoms with van der Waals surface area (Å²) in [7, 11) is 0. The van der Waals surface area contributed by atoms with E-state index >= 15 is 0 Å². The van der Waals surface area contributed by atoms with Crippen LogP contribution in [0.1, 0.15) is 29.9 Å². The highest BCUT2D eigenvalue weighted by atomic mass is 32.2. The fourth-order valence-corrected chi connectivity index (χ4v) is 4.72. The predicted molar refractivity (Wildman–Crippen MR) is 127 cm³/mol. The van der Waals surface area contributed by atoms with Gasteiger partial charge in [-0.25, -0.2) is 0 Å². The first-order valence-electron chi connectivity index (χ1n) is 10.3. The smallest absolute Gasteiger partial charge is 0.254 e. The summed E-state index contributed by atoms with van der Waals surface area (Å²) in [5, 5.41) is 17.1. The van der Waals surface area contributed by atoms with Gasteiger partial charge in [0.05, 0.1) is 28.2 Å². The number of anilines is 1. The minimum Gasteiger partial charge on any atom is -0.465 e. The number of carbonyl (C=O) groups is 1. The van der Waals surface area contributed by atoms with Crippen LogP contribution in [-0.4, -0.2) is 5.91 Å². The number of rotatable bonds is 6. The Morgan fingerprint density at radius 2 is 1.75 bits per heavy atom. The van der Waals surface area contributed by atoms with Gasteiger partial charge in [0.15, 0.2) is 0 Å². The molecule has 0 radical (unpaired) electrons. The lowest BCUT2D eigenvalue weighted by molar-refractivity contribution is -0.113. The second-order valence-corrected chi connectivity index (χ2v) is 8.48. The fourth-order valence-electron chi connectivity index (χ4n) is 3.67. The monoisotopic (exact) mass is 441 g/mol. The lowest BCUT2D eigenvalue weighted by Gasteiger charge is -2.28. The molecule has 1 aliphatic heterocycles. The molecular formula is C26H23N3O2S. The van der Waals surface area contributed by atoms with Crippen molar-refractivity contribution in [1.29, 1.82) is 5.26 Å². The molecule has 32 heavy (non-hydrogen) atoms. The molecule has 2 heterocycles. The first-order chi connectivity index (χ1) is 15.6. The number of aryl methyl sites for hydroxylation is 1. The van der Waals surface area contributed by atoms with Gasteiger partial charge < -0.3 is 15.1 Å². The van der Waals surface area contributed by atoms with Crippen molar-refractivity contribution < 1.29 is 9.21 Å². The molecule has 0 bridgehead atoms. The summed E-state index contributed by atoms with van der Waals surface area (Å²) >= 11 is 1.55. The molecular weight excluding hydrogens is 418 g/mol. The minimum absolute atomic E-state index is 0.264. The van der Waals surface area contributed by atoms with Crippen LogP contribution >= 0.6 is 11.8 Å². The molecule has 3 aromatic rings. The van der Waals surface area contributed by atoms with Crippen LogP contribution in [0.3, 0.4) is 0 Å². The second kappa shape index (κ2) is 9.63. The van der Waals surface area contributed by atoms with Crippen LogP contribution in [0.4, 0.5) is 5.69 Å². The van der Waals surface area contributed by atoms with Gasteiger partial charge in [-0.15, -0.1) is 11.8 Å². The van der Waals surface area contributed by atoms with Crippen LogP contribution in [0.25, 0.3) is 0 Å². The number of nitrogens with zero attached hydrogens (tertiary/aromatic N) is 1. The van der Waals surface area contributed by atoms with Gasteiger partial charge in [0.2, 0.25) is 0 Å². The van der Waals surface area contributed by atoms with Crippen LogP contribution in [0.5, 0.6) is 0 Å². The Bertz CT molecular complexity index is 1220. The van der Waals surface area contributed by atoms with Crippen molar-refractivity contribution in [1.82, 2.24) is 5.32 Å². The van der Waals surface area contributed by atoms with Crippen LogP contribution in [0, 0.1) is 18.3 Å². The number of carbonyl (C=O) groups excluding carboxylic acids is 1. The van der Waals surface area contributed by atoms with Gasteiger partial charge in [0, 0.05) is 17.1 Å². The molecule has 1 aliphatic rings. The number of thioether (sulfide) groups is 1. The summed E-state index contributed by atoms with van der Waals surface area (Å²) in [6.45, 7) is 3.71. The van der Waals surface area contributed by atoms with Gasteiger partial charge in [0.25, 0.3) is 5.91 Å². The molecule has 2 aromatic carbocycles. The number of allylic oxidation sites excluding steroid dienone is 2. The summed E-state index contributed by atoms with van der Waals surface area (Å²) in [5.41, 5.74) is 3.50. The Morgan fingerprint density at radius 1 is 1.06 bits per heavy atom. The molecule has 4 rings (SSSR count). The molecule has 0 spiro atoms. The third-order valence-electron chi connectivity index (χ3n) is 5.20. The van der Waals surface area contributed by atoms with Crippen LogP contribution in [-0.2, 0) is 10.5 Å². The van der Waals surface area contributed by atoms with E-state index < -0.39 is 5.92 Å². The maximum Gasteiger partial charge on any atom is 0.254 e. The summed E-state index contributed by atoms with van der Waals surface area (Å²) in [5.74, 6) is 1.17. The number of para-hydroxylation sites is 1. The fraction of sp³-hybridized carbons (Fsp3) is 0.154. The second-order valence-electron chi connectivity index (χ2n) is 7.49. The molecule has 6 heteroatoms. The standard InChI is InChI=1S/C26H23N3O2S/c1-17-13-14-22(31-17)24-21(15-27)26(32-16-19-9-5-3-6-10-19)28-18(2)23(24)25(30)29-20-11-7-4-8-12-20/h3-14,24,28H,16H2,1-2H3,(H,29,30). The average molecular weight is 442 g/mol. The number of nitrogens with one attached hydrogen (secondary N) is 2. The topological polar surface area (TPSA) is 78.1 Å². The number of nitriles is 1. The molecule has 1 aromatic heterocycles. The number of hydrogen-bond acceptors (Lipinski definition) is 5. The van der Waals surface area contributed by atoms with Gasteiger partial charge >= 0.3 is 0 Å². The number of hydrogen-bond donors (Lipinski definition) is 2. The highest BCUT2D eigenvalue weighted by Gasteiger charge is 2.36. The van der Waals surface area contributed by atoms with Crippen LogP contribution < -0.4 is 10.6 Å². The van der Waals surface area contributed by atoms with Gasteiger partial charge in [0.1, 0.15) is 11.5 Å². The van der Waals surface area contributed by atoms with Crippen LogP contribution in [0.15, 0.2) is 99.1 Å². The van der Waals surface area contributed by atoms with Crippen molar-refractivity contribution >= 4 is 23.4 Å². The Balaban J connectivity index is 1.70. The zero-order valence-electron chi connectivity index (χ0n) is 17.9. The quantitative estimate of drug-likeness (QED) is 0.501. The van der Waals surface area contributed by atoms with Gasteiger partial charge in [-0.2, -0.15) is 5.26 Å². The van der Waals surface area contributed by atoms with E-state index in [1.54, 1.807) is 11.8 Å². The van der Waals surface area contributed by atoms with Crippen molar-refractivity contribution in [3.8, 4) is 6.07 Å². The number of furan rings is 1. The summed E-state index contributed by atoms with van der Waals surface area (Å²) in [6, 6.07) is 25.4. The maximum atomic E-state index is 13.3. The van der Waals surface area contributed by atoms with Crippen molar-refractivity contribution in [2.45, 2.75) is 25.5 Å². The number of benzene rings is 2. The molecule has 5 nitrogen and oxygen atoms in total. The summed E-state index contributed by atoms with van der Waals surface area (Å²) < 4.78 is 5.91. The zero-order valence-corrected chi connectivity index (χ0v) is 18.7. The predicted octanol–water partition coefficient (Wildman–Crippen LogP) is 5.86. The van der Waals surface area contributed by atoms with Crippen molar-refractivity contribution in [2.24, 2.45) is 0 Å². The molecule has 0 saturated carbocycles. The largest absolute Gasteiger partial charge is 0.465 e. The first-order valence-corrected chi connectivity index (χ1v) is 11.3. The Hall–Kier alpha value is -3.69. The molecule has 0 saturated heterocycles. The lowest BCUT2D eigenvalue weighted by Crippen LogP contribution is -2.30. The summed E-state index contributed by atoms with van der Waals surface area (Å²) in [6.07, 6.45) is 0. The molecule has 160 valence electrons. The van der Waals surface area contributed by atoms with E-state index in [2.05, 4.69) is 28.8 Å². The molecule has 2 N–H and O–H groups in total. The van der Waals surface area contributed by atoms with E-state index in [0.29, 0.717) is 34.0 Å². The Morgan fingerprint density at radius 3 is 2.38 bits per heavy atom. The first kappa shape index (κ1) is 21.5. The van der Waals surface area contributed by atoms with Crippen molar-refractivity contribution in [2.75, 3.05) is 5.32 Å². The molecule has 0 aliphatic carbocycles. The van der Waals surface area contributed by atoms with E-state index in [-0.39, 0.29) is 5.91 Å². The zero-order chi connectivity index (χ0) is 22.5. The third-order valence-corrected chi connectivity index (χ3v) is 6.28. The minimum atomic E-state index is -0.586. The van der Waals surface area contributed by atoms with Crippen LogP contribution in [0.2, 0.25) is 0 Å². The lowest BCUT2D eigenvalue weighted by atomic mass is 9.85. The SMILES string of the molecule is CC1=C(C(=O)Nc2ccccc2)C(c2ccc(C)o2)C(C#N)=C(SCc2ccccc2)N1. The molecule has 1 amide bonds. The molecule has 1 atom stereocenters. The number of dihydropyridines is 1. The Kier molecular flexibility index (Phi) is 6.48. The van der Waals surface area contributed by atoms with Gasteiger partial charge in [-0.1, -0.05) is 48.5 Å². The van der Waals surface area contributed by atoms with Crippen molar-refractivity contribution in [3.05, 3.63) is 112 Å². The Labute approximate surface area is 191 Å². The third kappa shape index (κ3) is 4.63. The highest BCUT2D eigenvalue weighted by molar-refractivity contribution is 8.02. The maximum absolute atomic E-state index is 13.3. The van der Waals surface area contributed by atoms with E-state index in [9.17, 15) is 10.1 Å². The van der Waals surface area contributed by atoms with Crippen molar-refractivity contribution in [3.63, 3.8) is 0 Å². The van der Waals surface area contributed by atoms with E-state index in [1.165, 1.54) is 0 Å². The van der Waals surface area contributed by atoms with E-state index in [0.717, 1.165) is 16.4 Å². The van der Waals surface area contributed by atoms with Gasteiger partial charge in [-0.3, -0.25) is 4.79 Å². The van der Waals surface area contributed by atoms with E-state index in [1.807, 2.05) is 74.5 Å². The normalized spacial score (nSPS) is 15.8. The van der Waals surface area contributed by atoms with Gasteiger partial charge in [-0.05, 0) is 43.7 Å². The molecule has 0 fully saturated rings. The summed E-state index contributed by atoms with van der Waals surface area (Å²) in [4.78, 5) is 13.3. The highest BCUT2D eigenvalue weighted by Crippen LogP contribution is 2.42.